The van der Waals surface area contributed by atoms with E-state index in [0.29, 0.717) is 0 Å². The molecule has 2 N–H and O–H groups in total. The van der Waals surface area contributed by atoms with Gasteiger partial charge in [-0.1, -0.05) is 24.3 Å². The van der Waals surface area contributed by atoms with Crippen molar-refractivity contribution in [3.8, 4) is 0 Å². The van der Waals surface area contributed by atoms with Crippen molar-refractivity contribution >= 4 is 39.1 Å². The topological polar surface area (TPSA) is 24.1 Å². The molecule has 0 amide bonds. The van der Waals surface area contributed by atoms with Gasteiger partial charge < -0.3 is 10.0 Å². The van der Waals surface area contributed by atoms with Crippen LogP contribution in [0.15, 0.2) is 52.7 Å². The largest absolute Gasteiger partial charge is 0.325 e. The number of anilines is 1. The van der Waals surface area contributed by atoms with E-state index in [0.717, 1.165) is 19.5 Å². The molecule has 2 nitrogen and oxygen atoms in total. The molecule has 0 saturated carbocycles. The van der Waals surface area contributed by atoms with Crippen LogP contribution in [-0.4, -0.2) is 6.54 Å². The highest BCUT2D eigenvalue weighted by atomic mass is 32.2. The Bertz CT molecular complexity index is 746. The van der Waals surface area contributed by atoms with Crippen LogP contribution in [0.4, 0.5) is 5.69 Å². The van der Waals surface area contributed by atoms with Crippen molar-refractivity contribution in [1.82, 2.24) is 5.32 Å². The minimum Gasteiger partial charge on any atom is -0.325 e. The molecule has 0 radical (unpaired) electrons. The average molecular weight is 312 g/mol. The van der Waals surface area contributed by atoms with Crippen molar-refractivity contribution in [2.45, 2.75) is 17.2 Å². The minimum atomic E-state index is 0.985. The molecule has 1 aliphatic rings. The van der Waals surface area contributed by atoms with E-state index in [1.165, 1.54) is 31.1 Å². The number of thiophene rings is 1. The summed E-state index contributed by atoms with van der Waals surface area (Å²) in [6.45, 7) is 2.08. The lowest BCUT2D eigenvalue weighted by Crippen LogP contribution is -2.23. The summed E-state index contributed by atoms with van der Waals surface area (Å²) >= 11 is 3.53. The molecule has 0 aliphatic carbocycles. The van der Waals surface area contributed by atoms with Gasteiger partial charge in [0.1, 0.15) is 0 Å². The summed E-state index contributed by atoms with van der Waals surface area (Å²) in [6, 6.07) is 17.5. The predicted molar refractivity (Wildman–Crippen MR) is 93.2 cm³/mol. The van der Waals surface area contributed by atoms with Gasteiger partial charge in [-0.2, -0.15) is 0 Å². The average Bonchev–Trinajstić information content (AvgIpc) is 2.95. The van der Waals surface area contributed by atoms with Crippen molar-refractivity contribution in [3.05, 3.63) is 59.7 Å². The lowest BCUT2D eigenvalue weighted by atomic mass is 10.0. The van der Waals surface area contributed by atoms with Crippen LogP contribution in [-0.2, 0) is 13.0 Å². The number of hydrogen-bond donors (Lipinski definition) is 2. The van der Waals surface area contributed by atoms with Gasteiger partial charge in [0, 0.05) is 16.9 Å². The van der Waals surface area contributed by atoms with Gasteiger partial charge in [0.15, 0.2) is 0 Å². The van der Waals surface area contributed by atoms with Crippen LogP contribution in [0.1, 0.15) is 11.1 Å². The molecule has 21 heavy (non-hydrogen) atoms. The Kier molecular flexibility index (Phi) is 3.59. The molecule has 0 fully saturated rings. The van der Waals surface area contributed by atoms with E-state index in [4.69, 9.17) is 0 Å². The lowest BCUT2D eigenvalue weighted by Gasteiger charge is -2.18. The first kappa shape index (κ1) is 13.2. The van der Waals surface area contributed by atoms with Crippen LogP contribution in [0.2, 0.25) is 0 Å². The summed E-state index contributed by atoms with van der Waals surface area (Å²) in [5.41, 5.74) is 4.08. The van der Waals surface area contributed by atoms with E-state index in [1.807, 2.05) is 11.3 Å². The first-order chi connectivity index (χ1) is 10.4. The Labute approximate surface area is 132 Å². The fraction of sp³-hybridized carbons (Fsp3) is 0.176. The molecule has 2 aromatic carbocycles. The number of benzene rings is 2. The lowest BCUT2D eigenvalue weighted by molar-refractivity contribution is 0.644. The Morgan fingerprint density at radius 2 is 2.00 bits per heavy atom. The molecule has 2 heterocycles. The van der Waals surface area contributed by atoms with Crippen molar-refractivity contribution in [2.24, 2.45) is 0 Å². The summed E-state index contributed by atoms with van der Waals surface area (Å²) in [5, 5.41) is 4.75. The maximum absolute atomic E-state index is 3.47. The van der Waals surface area contributed by atoms with E-state index in [-0.39, 0.29) is 0 Å². The molecular formula is C17H16N2S2. The Morgan fingerprint density at radius 3 is 2.95 bits per heavy atom. The Hall–Kier alpha value is -1.49. The molecule has 0 bridgehead atoms. The maximum atomic E-state index is 3.47. The third-order valence-corrected chi connectivity index (χ3v) is 5.83. The third kappa shape index (κ3) is 2.79. The zero-order valence-electron chi connectivity index (χ0n) is 11.6. The monoisotopic (exact) mass is 312 g/mol. The van der Waals surface area contributed by atoms with Gasteiger partial charge in [-0.25, -0.2) is 0 Å². The molecule has 0 spiro atoms. The maximum Gasteiger partial charge on any atom is 0.0820 e. The summed E-state index contributed by atoms with van der Waals surface area (Å²) in [7, 11) is 0. The molecule has 0 atom stereocenters. The highest BCUT2D eigenvalue weighted by Gasteiger charge is 2.09. The van der Waals surface area contributed by atoms with Crippen LogP contribution in [0.25, 0.3) is 10.1 Å². The van der Waals surface area contributed by atoms with E-state index < -0.39 is 0 Å². The zero-order valence-corrected chi connectivity index (χ0v) is 13.2. The highest BCUT2D eigenvalue weighted by Crippen LogP contribution is 2.33. The van der Waals surface area contributed by atoms with Crippen LogP contribution < -0.4 is 10.0 Å². The molecule has 4 rings (SSSR count). The second-order valence-electron chi connectivity index (χ2n) is 5.22. The fourth-order valence-corrected chi connectivity index (χ4v) is 4.55. The zero-order chi connectivity index (χ0) is 14.1. The Balaban J connectivity index is 1.51. The summed E-state index contributed by atoms with van der Waals surface area (Å²) < 4.78 is 6.11. The number of hydrogen-bond acceptors (Lipinski definition) is 4. The highest BCUT2D eigenvalue weighted by molar-refractivity contribution is 8.02. The molecule has 3 aromatic rings. The smallest absolute Gasteiger partial charge is 0.0820 e. The van der Waals surface area contributed by atoms with E-state index in [1.54, 1.807) is 11.9 Å². The second kappa shape index (κ2) is 5.72. The SMILES string of the molecule is c1ccc2sc(SNc3ccc4c(c3)CNCC4)cc2c1. The van der Waals surface area contributed by atoms with Gasteiger partial charge >= 0.3 is 0 Å². The first-order valence-corrected chi connectivity index (χ1v) is 8.76. The quantitative estimate of drug-likeness (QED) is 0.687. The van der Waals surface area contributed by atoms with E-state index in [9.17, 15) is 0 Å². The van der Waals surface area contributed by atoms with Crippen molar-refractivity contribution in [1.29, 1.82) is 0 Å². The summed E-state index contributed by atoms with van der Waals surface area (Å²) in [4.78, 5) is 0. The third-order valence-electron chi connectivity index (χ3n) is 3.77. The summed E-state index contributed by atoms with van der Waals surface area (Å²) in [5.74, 6) is 0. The Morgan fingerprint density at radius 1 is 1.05 bits per heavy atom. The molecule has 0 unspecified atom stereocenters. The van der Waals surface area contributed by atoms with Gasteiger partial charge in [0.2, 0.25) is 0 Å². The number of fused-ring (bicyclic) bond motifs is 2. The van der Waals surface area contributed by atoms with Crippen molar-refractivity contribution in [2.75, 3.05) is 11.3 Å². The predicted octanol–water partition coefficient (Wildman–Crippen LogP) is 4.67. The molecule has 0 saturated heterocycles. The van der Waals surface area contributed by atoms with Crippen LogP contribution in [0.3, 0.4) is 0 Å². The van der Waals surface area contributed by atoms with Crippen molar-refractivity contribution in [3.63, 3.8) is 0 Å². The van der Waals surface area contributed by atoms with E-state index in [2.05, 4.69) is 58.6 Å². The molecule has 4 heteroatoms. The van der Waals surface area contributed by atoms with Gasteiger partial charge in [-0.15, -0.1) is 11.3 Å². The number of nitrogens with one attached hydrogen (secondary N) is 2. The van der Waals surface area contributed by atoms with Crippen molar-refractivity contribution < 1.29 is 0 Å². The molecule has 1 aromatic heterocycles. The minimum absolute atomic E-state index is 0.985. The van der Waals surface area contributed by atoms with Crippen LogP contribution in [0.5, 0.6) is 0 Å². The van der Waals surface area contributed by atoms with Gasteiger partial charge in [-0.3, -0.25) is 0 Å². The standard InChI is InChI=1S/C17H16N2S2/c1-2-4-16-13(3-1)10-17(20-16)21-19-15-6-5-12-7-8-18-11-14(12)9-15/h1-6,9-10,18-19H,7-8,11H2. The van der Waals surface area contributed by atoms with E-state index >= 15 is 0 Å². The molecule has 106 valence electrons. The summed E-state index contributed by atoms with van der Waals surface area (Å²) in [6.07, 6.45) is 1.14. The normalized spacial score (nSPS) is 14.1. The van der Waals surface area contributed by atoms with Crippen LogP contribution >= 0.6 is 23.3 Å². The molecular weight excluding hydrogens is 296 g/mol. The van der Waals surface area contributed by atoms with Gasteiger partial charge in [0.25, 0.3) is 0 Å². The van der Waals surface area contributed by atoms with Gasteiger partial charge in [-0.05, 0) is 65.7 Å². The van der Waals surface area contributed by atoms with Gasteiger partial charge in [0.05, 0.1) is 4.21 Å². The molecule has 1 aliphatic heterocycles. The van der Waals surface area contributed by atoms with Crippen LogP contribution in [0, 0.1) is 0 Å². The first-order valence-electron chi connectivity index (χ1n) is 7.12. The second-order valence-corrected chi connectivity index (χ2v) is 7.41. The number of rotatable bonds is 3. The fourth-order valence-electron chi connectivity index (χ4n) is 2.66.